The first-order chi connectivity index (χ1) is 8.79. The average molecular weight is 245 g/mol. The van der Waals surface area contributed by atoms with Crippen LogP contribution in [0.4, 0.5) is 0 Å². The molecule has 0 amide bonds. The summed E-state index contributed by atoms with van der Waals surface area (Å²) in [7, 11) is 0. The average Bonchev–Trinajstić information content (AvgIpc) is 2.46. The number of aryl methyl sites for hydroxylation is 1. The van der Waals surface area contributed by atoms with E-state index in [0.717, 1.165) is 24.7 Å². The Kier molecular flexibility index (Phi) is 5.25. The molecule has 1 aliphatic rings. The van der Waals surface area contributed by atoms with Crippen LogP contribution in [-0.4, -0.2) is 6.04 Å². The number of hydrogen-bond donors (Lipinski definition) is 1. The molecular weight excluding hydrogens is 218 g/mol. The zero-order valence-electron chi connectivity index (χ0n) is 11.6. The molecule has 1 nitrogen and oxygen atoms in total. The fourth-order valence-electron chi connectivity index (χ4n) is 3.24. The SMILES string of the molecule is CCC1CCC(C(N)CCc2ccccc2)CC1. The smallest absolute Gasteiger partial charge is 0.00703 e. The second-order valence-electron chi connectivity index (χ2n) is 5.88. The van der Waals surface area contributed by atoms with E-state index in [9.17, 15) is 0 Å². The van der Waals surface area contributed by atoms with Crippen molar-refractivity contribution in [3.8, 4) is 0 Å². The van der Waals surface area contributed by atoms with E-state index in [1.807, 2.05) is 0 Å². The molecule has 1 atom stereocenters. The van der Waals surface area contributed by atoms with Crippen molar-refractivity contribution in [2.75, 3.05) is 0 Å². The molecule has 1 aliphatic carbocycles. The van der Waals surface area contributed by atoms with Crippen molar-refractivity contribution in [3.63, 3.8) is 0 Å². The van der Waals surface area contributed by atoms with Crippen molar-refractivity contribution in [1.29, 1.82) is 0 Å². The summed E-state index contributed by atoms with van der Waals surface area (Å²) in [5, 5.41) is 0. The van der Waals surface area contributed by atoms with Gasteiger partial charge in [0.1, 0.15) is 0 Å². The topological polar surface area (TPSA) is 26.0 Å². The third kappa shape index (κ3) is 3.84. The molecule has 1 aromatic rings. The number of hydrogen-bond acceptors (Lipinski definition) is 1. The molecule has 0 heterocycles. The summed E-state index contributed by atoms with van der Waals surface area (Å²) in [5.74, 6) is 1.75. The fourth-order valence-corrected chi connectivity index (χ4v) is 3.24. The van der Waals surface area contributed by atoms with Gasteiger partial charge in [0.2, 0.25) is 0 Å². The molecule has 1 unspecified atom stereocenters. The van der Waals surface area contributed by atoms with Crippen LogP contribution in [0.25, 0.3) is 0 Å². The predicted molar refractivity (Wildman–Crippen MR) is 78.5 cm³/mol. The van der Waals surface area contributed by atoms with Crippen LogP contribution in [0.5, 0.6) is 0 Å². The molecule has 0 aliphatic heterocycles. The third-order valence-corrected chi connectivity index (χ3v) is 4.68. The first-order valence-electron chi connectivity index (χ1n) is 7.59. The van der Waals surface area contributed by atoms with Gasteiger partial charge in [-0.25, -0.2) is 0 Å². The van der Waals surface area contributed by atoms with Crippen molar-refractivity contribution in [2.45, 2.75) is 57.9 Å². The van der Waals surface area contributed by atoms with Gasteiger partial charge in [-0.15, -0.1) is 0 Å². The largest absolute Gasteiger partial charge is 0.327 e. The van der Waals surface area contributed by atoms with E-state index in [-0.39, 0.29) is 0 Å². The van der Waals surface area contributed by atoms with Gasteiger partial charge in [0.05, 0.1) is 0 Å². The minimum absolute atomic E-state index is 0.406. The Morgan fingerprint density at radius 1 is 1.11 bits per heavy atom. The third-order valence-electron chi connectivity index (χ3n) is 4.68. The van der Waals surface area contributed by atoms with Crippen molar-refractivity contribution in [1.82, 2.24) is 0 Å². The van der Waals surface area contributed by atoms with Gasteiger partial charge < -0.3 is 5.73 Å². The molecule has 2 rings (SSSR count). The molecule has 0 aromatic heterocycles. The lowest BCUT2D eigenvalue weighted by molar-refractivity contribution is 0.233. The van der Waals surface area contributed by atoms with E-state index in [2.05, 4.69) is 37.3 Å². The van der Waals surface area contributed by atoms with Gasteiger partial charge >= 0.3 is 0 Å². The maximum Gasteiger partial charge on any atom is 0.00703 e. The zero-order valence-corrected chi connectivity index (χ0v) is 11.6. The van der Waals surface area contributed by atoms with Gasteiger partial charge in [-0.2, -0.15) is 0 Å². The van der Waals surface area contributed by atoms with Crippen molar-refractivity contribution in [3.05, 3.63) is 35.9 Å². The van der Waals surface area contributed by atoms with Crippen molar-refractivity contribution >= 4 is 0 Å². The van der Waals surface area contributed by atoms with E-state index >= 15 is 0 Å². The highest BCUT2D eigenvalue weighted by Crippen LogP contribution is 2.32. The van der Waals surface area contributed by atoms with Crippen LogP contribution in [0.3, 0.4) is 0 Å². The molecule has 0 radical (unpaired) electrons. The van der Waals surface area contributed by atoms with E-state index in [4.69, 9.17) is 5.73 Å². The molecule has 1 fully saturated rings. The van der Waals surface area contributed by atoms with Crippen molar-refractivity contribution in [2.24, 2.45) is 17.6 Å². The molecule has 0 saturated heterocycles. The maximum absolute atomic E-state index is 6.38. The number of benzene rings is 1. The Labute approximate surface area is 112 Å². The lowest BCUT2D eigenvalue weighted by Gasteiger charge is -2.31. The lowest BCUT2D eigenvalue weighted by atomic mass is 9.77. The Balaban J connectivity index is 1.73. The molecular formula is C17H27N. The maximum atomic E-state index is 6.38. The van der Waals surface area contributed by atoms with E-state index in [1.165, 1.54) is 37.7 Å². The van der Waals surface area contributed by atoms with E-state index < -0.39 is 0 Å². The standard InChI is InChI=1S/C17H27N/c1-2-14-8-11-16(12-9-14)17(18)13-10-15-6-4-3-5-7-15/h3-7,14,16-17H,2,8-13,18H2,1H3. The monoisotopic (exact) mass is 245 g/mol. The Bertz CT molecular complexity index is 325. The van der Waals surface area contributed by atoms with Crippen LogP contribution in [0.2, 0.25) is 0 Å². The second-order valence-corrected chi connectivity index (χ2v) is 5.88. The summed E-state index contributed by atoms with van der Waals surface area (Å²) in [6.45, 7) is 2.32. The van der Waals surface area contributed by atoms with Crippen LogP contribution < -0.4 is 5.73 Å². The Morgan fingerprint density at radius 2 is 1.78 bits per heavy atom. The van der Waals surface area contributed by atoms with Crippen LogP contribution in [-0.2, 0) is 6.42 Å². The van der Waals surface area contributed by atoms with Crippen LogP contribution in [0, 0.1) is 11.8 Å². The highest BCUT2D eigenvalue weighted by molar-refractivity contribution is 5.14. The van der Waals surface area contributed by atoms with Gasteiger partial charge in [-0.05, 0) is 43.1 Å². The van der Waals surface area contributed by atoms with E-state index in [0.29, 0.717) is 6.04 Å². The van der Waals surface area contributed by atoms with Crippen LogP contribution >= 0.6 is 0 Å². The molecule has 0 spiro atoms. The predicted octanol–water partition coefficient (Wildman–Crippen LogP) is 4.16. The van der Waals surface area contributed by atoms with Gasteiger partial charge in [0.15, 0.2) is 0 Å². The summed E-state index contributed by atoms with van der Waals surface area (Å²) in [6.07, 6.45) is 9.15. The lowest BCUT2D eigenvalue weighted by Crippen LogP contribution is -2.33. The minimum Gasteiger partial charge on any atom is -0.327 e. The van der Waals surface area contributed by atoms with Gasteiger partial charge in [-0.1, -0.05) is 56.5 Å². The second kappa shape index (κ2) is 6.94. The van der Waals surface area contributed by atoms with E-state index in [1.54, 1.807) is 0 Å². The molecule has 0 bridgehead atoms. The molecule has 18 heavy (non-hydrogen) atoms. The molecule has 1 heteroatoms. The molecule has 100 valence electrons. The van der Waals surface area contributed by atoms with Gasteiger partial charge in [0.25, 0.3) is 0 Å². The fraction of sp³-hybridized carbons (Fsp3) is 0.647. The van der Waals surface area contributed by atoms with Crippen LogP contribution in [0.15, 0.2) is 30.3 Å². The number of nitrogens with two attached hydrogens (primary N) is 1. The molecule has 1 saturated carbocycles. The summed E-state index contributed by atoms with van der Waals surface area (Å²) in [5.41, 5.74) is 7.81. The normalized spacial score (nSPS) is 25.9. The van der Waals surface area contributed by atoms with Crippen molar-refractivity contribution < 1.29 is 0 Å². The van der Waals surface area contributed by atoms with Gasteiger partial charge in [-0.3, -0.25) is 0 Å². The summed E-state index contributed by atoms with van der Waals surface area (Å²) >= 11 is 0. The highest BCUT2D eigenvalue weighted by atomic mass is 14.6. The zero-order chi connectivity index (χ0) is 12.8. The number of rotatable bonds is 5. The summed E-state index contributed by atoms with van der Waals surface area (Å²) < 4.78 is 0. The minimum atomic E-state index is 0.406. The first-order valence-corrected chi connectivity index (χ1v) is 7.59. The highest BCUT2D eigenvalue weighted by Gasteiger charge is 2.24. The Morgan fingerprint density at radius 3 is 2.39 bits per heavy atom. The summed E-state index contributed by atoms with van der Waals surface area (Å²) in [4.78, 5) is 0. The first kappa shape index (κ1) is 13.6. The molecule has 1 aromatic carbocycles. The van der Waals surface area contributed by atoms with Crippen LogP contribution in [0.1, 0.15) is 51.0 Å². The molecule has 2 N–H and O–H groups in total. The van der Waals surface area contributed by atoms with Gasteiger partial charge in [0, 0.05) is 6.04 Å². The summed E-state index contributed by atoms with van der Waals surface area (Å²) in [6, 6.07) is 11.1. The quantitative estimate of drug-likeness (QED) is 0.828. The Hall–Kier alpha value is -0.820.